The van der Waals surface area contributed by atoms with E-state index >= 15 is 0 Å². The van der Waals surface area contributed by atoms with Crippen LogP contribution in [0.25, 0.3) is 11.3 Å². The van der Waals surface area contributed by atoms with Gasteiger partial charge in [0.05, 0.1) is 17.4 Å². The average molecular weight is 326 g/mol. The molecule has 0 spiro atoms. The summed E-state index contributed by atoms with van der Waals surface area (Å²) in [6, 6.07) is 7.38. The Hall–Kier alpha value is -1.72. The molecular formula is C19H26N4O. The normalized spacial score (nSPS) is 24.8. The highest BCUT2D eigenvalue weighted by Gasteiger charge is 2.32. The second-order valence-electron chi connectivity index (χ2n) is 7.07. The quantitative estimate of drug-likeness (QED) is 0.938. The SMILES string of the molecule is CN[C@H]1C[C@H](n2cc(-c3cccc(C)n3)c(C3CCOCC3)n2)C1. The highest BCUT2D eigenvalue weighted by Crippen LogP contribution is 2.37. The first-order chi connectivity index (χ1) is 11.7. The van der Waals surface area contributed by atoms with Crippen molar-refractivity contribution < 1.29 is 4.74 Å². The van der Waals surface area contributed by atoms with Gasteiger partial charge < -0.3 is 10.1 Å². The lowest BCUT2D eigenvalue weighted by atomic mass is 9.87. The number of ether oxygens (including phenoxy) is 1. The Bertz CT molecular complexity index is 699. The molecule has 0 amide bonds. The van der Waals surface area contributed by atoms with E-state index in [2.05, 4.69) is 28.3 Å². The van der Waals surface area contributed by atoms with Crippen LogP contribution in [0.4, 0.5) is 0 Å². The largest absolute Gasteiger partial charge is 0.381 e. The van der Waals surface area contributed by atoms with E-state index in [9.17, 15) is 0 Å². The lowest BCUT2D eigenvalue weighted by molar-refractivity contribution is 0.0842. The Morgan fingerprint density at radius 3 is 2.71 bits per heavy atom. The molecule has 0 radical (unpaired) electrons. The van der Waals surface area contributed by atoms with Crippen molar-refractivity contribution in [2.24, 2.45) is 0 Å². The predicted octanol–water partition coefficient (Wildman–Crippen LogP) is 3.07. The fourth-order valence-electron chi connectivity index (χ4n) is 3.80. The number of pyridine rings is 1. The van der Waals surface area contributed by atoms with Gasteiger partial charge in [-0.3, -0.25) is 9.67 Å². The highest BCUT2D eigenvalue weighted by molar-refractivity contribution is 5.62. The molecule has 0 unspecified atom stereocenters. The maximum absolute atomic E-state index is 5.54. The van der Waals surface area contributed by atoms with Crippen LogP contribution in [0.1, 0.15) is 49.0 Å². The molecule has 1 aliphatic carbocycles. The van der Waals surface area contributed by atoms with Crippen LogP contribution >= 0.6 is 0 Å². The molecule has 128 valence electrons. The molecule has 0 aromatic carbocycles. The first kappa shape index (κ1) is 15.8. The molecule has 2 fully saturated rings. The Morgan fingerprint density at radius 1 is 1.21 bits per heavy atom. The number of nitrogens with one attached hydrogen (secondary N) is 1. The van der Waals surface area contributed by atoms with Gasteiger partial charge in [-0.2, -0.15) is 5.10 Å². The molecule has 1 saturated heterocycles. The molecule has 2 aromatic rings. The third-order valence-corrected chi connectivity index (χ3v) is 5.43. The highest BCUT2D eigenvalue weighted by atomic mass is 16.5. The predicted molar refractivity (Wildman–Crippen MR) is 94.1 cm³/mol. The van der Waals surface area contributed by atoms with Gasteiger partial charge in [-0.1, -0.05) is 6.07 Å². The fraction of sp³-hybridized carbons (Fsp3) is 0.579. The van der Waals surface area contributed by atoms with Gasteiger partial charge in [-0.25, -0.2) is 0 Å². The summed E-state index contributed by atoms with van der Waals surface area (Å²) in [7, 11) is 2.04. The Balaban J connectivity index is 1.68. The van der Waals surface area contributed by atoms with Gasteiger partial charge in [0.15, 0.2) is 0 Å². The van der Waals surface area contributed by atoms with Gasteiger partial charge >= 0.3 is 0 Å². The third kappa shape index (κ3) is 2.98. The van der Waals surface area contributed by atoms with E-state index in [0.29, 0.717) is 18.0 Å². The van der Waals surface area contributed by atoms with Gasteiger partial charge in [-0.15, -0.1) is 0 Å². The van der Waals surface area contributed by atoms with E-state index in [0.717, 1.165) is 50.3 Å². The van der Waals surface area contributed by atoms with Crippen LogP contribution in [0.15, 0.2) is 24.4 Å². The first-order valence-corrected chi connectivity index (χ1v) is 9.02. The zero-order valence-corrected chi connectivity index (χ0v) is 14.5. The van der Waals surface area contributed by atoms with Crippen molar-refractivity contribution >= 4 is 0 Å². The fourth-order valence-corrected chi connectivity index (χ4v) is 3.80. The summed E-state index contributed by atoms with van der Waals surface area (Å²) >= 11 is 0. The van der Waals surface area contributed by atoms with Crippen molar-refractivity contribution in [2.75, 3.05) is 20.3 Å². The standard InChI is InChI=1S/C19H26N4O/c1-13-4-3-5-18(21-13)17-12-23(16-10-15(11-16)20-2)22-19(17)14-6-8-24-9-7-14/h3-5,12,14-16,20H,6-11H2,1-2H3/t15-,16-. The van der Waals surface area contributed by atoms with Crippen LogP contribution in [0.2, 0.25) is 0 Å². The van der Waals surface area contributed by atoms with E-state index in [1.807, 2.05) is 20.0 Å². The summed E-state index contributed by atoms with van der Waals surface area (Å²) in [4.78, 5) is 4.75. The van der Waals surface area contributed by atoms with Crippen LogP contribution in [0.5, 0.6) is 0 Å². The minimum absolute atomic E-state index is 0.484. The van der Waals surface area contributed by atoms with Gasteiger partial charge in [-0.05, 0) is 51.8 Å². The third-order valence-electron chi connectivity index (χ3n) is 5.43. The molecule has 0 bridgehead atoms. The molecule has 1 aliphatic heterocycles. The average Bonchev–Trinajstić information content (AvgIpc) is 3.00. The summed E-state index contributed by atoms with van der Waals surface area (Å²) in [6.07, 6.45) is 6.65. The molecular weight excluding hydrogens is 300 g/mol. The van der Waals surface area contributed by atoms with E-state index in [1.54, 1.807) is 0 Å². The summed E-state index contributed by atoms with van der Waals surface area (Å²) in [5.74, 6) is 0.484. The maximum Gasteiger partial charge on any atom is 0.0751 e. The minimum Gasteiger partial charge on any atom is -0.381 e. The van der Waals surface area contributed by atoms with Crippen molar-refractivity contribution in [1.82, 2.24) is 20.1 Å². The van der Waals surface area contributed by atoms with Crippen LogP contribution in [0.3, 0.4) is 0 Å². The zero-order chi connectivity index (χ0) is 16.5. The zero-order valence-electron chi connectivity index (χ0n) is 14.5. The van der Waals surface area contributed by atoms with Crippen molar-refractivity contribution in [3.8, 4) is 11.3 Å². The molecule has 5 nitrogen and oxygen atoms in total. The maximum atomic E-state index is 5.54. The van der Waals surface area contributed by atoms with Crippen LogP contribution in [-0.2, 0) is 4.74 Å². The molecule has 2 aliphatic rings. The number of hydrogen-bond donors (Lipinski definition) is 1. The van der Waals surface area contributed by atoms with Gasteiger partial charge in [0, 0.05) is 42.6 Å². The summed E-state index contributed by atoms with van der Waals surface area (Å²) in [6.45, 7) is 3.72. The molecule has 3 heterocycles. The van der Waals surface area contributed by atoms with Crippen LogP contribution in [0, 0.1) is 6.92 Å². The topological polar surface area (TPSA) is 52.0 Å². The van der Waals surface area contributed by atoms with Crippen molar-refractivity contribution in [1.29, 1.82) is 0 Å². The number of rotatable bonds is 4. The molecule has 2 aromatic heterocycles. The molecule has 5 heteroatoms. The number of aromatic nitrogens is 3. The van der Waals surface area contributed by atoms with Crippen molar-refractivity contribution in [2.45, 2.75) is 50.6 Å². The number of hydrogen-bond acceptors (Lipinski definition) is 4. The monoisotopic (exact) mass is 326 g/mol. The summed E-state index contributed by atoms with van der Waals surface area (Å²) in [5, 5.41) is 8.38. The Kier molecular flexibility index (Phi) is 4.37. The molecule has 1 N–H and O–H groups in total. The van der Waals surface area contributed by atoms with E-state index < -0.39 is 0 Å². The van der Waals surface area contributed by atoms with Gasteiger partial charge in [0.2, 0.25) is 0 Å². The number of aryl methyl sites for hydroxylation is 1. The summed E-state index contributed by atoms with van der Waals surface area (Å²) in [5.41, 5.74) is 4.52. The molecule has 1 saturated carbocycles. The second-order valence-corrected chi connectivity index (χ2v) is 7.07. The van der Waals surface area contributed by atoms with Gasteiger partial charge in [0.25, 0.3) is 0 Å². The Morgan fingerprint density at radius 2 is 2.00 bits per heavy atom. The van der Waals surface area contributed by atoms with E-state index in [-0.39, 0.29) is 0 Å². The molecule has 4 rings (SSSR count). The van der Waals surface area contributed by atoms with Crippen molar-refractivity contribution in [3.63, 3.8) is 0 Å². The van der Waals surface area contributed by atoms with E-state index in [1.165, 1.54) is 11.3 Å². The van der Waals surface area contributed by atoms with Gasteiger partial charge in [0.1, 0.15) is 0 Å². The lowest BCUT2D eigenvalue weighted by Gasteiger charge is -2.35. The first-order valence-electron chi connectivity index (χ1n) is 9.02. The van der Waals surface area contributed by atoms with Crippen LogP contribution < -0.4 is 5.32 Å². The molecule has 0 atom stereocenters. The smallest absolute Gasteiger partial charge is 0.0751 e. The van der Waals surface area contributed by atoms with Crippen LogP contribution in [-0.4, -0.2) is 41.1 Å². The van der Waals surface area contributed by atoms with E-state index in [4.69, 9.17) is 14.8 Å². The number of nitrogens with zero attached hydrogens (tertiary/aromatic N) is 3. The second kappa shape index (κ2) is 6.65. The lowest BCUT2D eigenvalue weighted by Crippen LogP contribution is -2.40. The molecule has 24 heavy (non-hydrogen) atoms. The van der Waals surface area contributed by atoms with Crippen molar-refractivity contribution in [3.05, 3.63) is 35.8 Å². The summed E-state index contributed by atoms with van der Waals surface area (Å²) < 4.78 is 7.74. The minimum atomic E-state index is 0.484. The Labute approximate surface area is 143 Å².